The Hall–Kier alpha value is -1.67. The number of hydrogen-bond acceptors (Lipinski definition) is 8. The summed E-state index contributed by atoms with van der Waals surface area (Å²) < 4.78 is 5.50. The van der Waals surface area contributed by atoms with Crippen LogP contribution in [0, 0.1) is 0 Å². The average Bonchev–Trinajstić information content (AvgIpc) is 3.05. The zero-order valence-electron chi connectivity index (χ0n) is 12.6. The fourth-order valence-electron chi connectivity index (χ4n) is 2.15. The van der Waals surface area contributed by atoms with Crippen LogP contribution in [-0.2, 0) is 4.74 Å². The third-order valence-electron chi connectivity index (χ3n) is 3.31. The monoisotopic (exact) mass is 295 g/mol. The van der Waals surface area contributed by atoms with Gasteiger partial charge in [0.05, 0.1) is 6.61 Å². The van der Waals surface area contributed by atoms with Crippen molar-refractivity contribution in [3.05, 3.63) is 0 Å². The molecule has 0 spiro atoms. The molecule has 1 aliphatic rings. The second-order valence-electron chi connectivity index (χ2n) is 5.01. The van der Waals surface area contributed by atoms with Gasteiger partial charge >= 0.3 is 0 Å². The normalized spacial score (nSPS) is 14.5. The predicted molar refractivity (Wildman–Crippen MR) is 83.3 cm³/mol. The molecular formula is C13H25N7O. The van der Waals surface area contributed by atoms with Crippen molar-refractivity contribution in [2.24, 2.45) is 5.84 Å². The molecule has 0 bridgehead atoms. The quantitative estimate of drug-likeness (QED) is 0.352. The van der Waals surface area contributed by atoms with Crippen molar-refractivity contribution in [1.29, 1.82) is 0 Å². The number of rotatable bonds is 9. The Labute approximate surface area is 125 Å². The summed E-state index contributed by atoms with van der Waals surface area (Å²) in [5, 5.41) is 3.15. The summed E-state index contributed by atoms with van der Waals surface area (Å²) in [6.45, 7) is 6.20. The summed E-state index contributed by atoms with van der Waals surface area (Å²) in [4.78, 5) is 15.1. The largest absolute Gasteiger partial charge is 0.380 e. The van der Waals surface area contributed by atoms with Gasteiger partial charge in [-0.3, -0.25) is 5.43 Å². The molecule has 8 heteroatoms. The van der Waals surface area contributed by atoms with Gasteiger partial charge in [0.2, 0.25) is 17.8 Å². The van der Waals surface area contributed by atoms with Crippen molar-refractivity contribution in [3.63, 3.8) is 0 Å². The molecule has 1 aliphatic heterocycles. The summed E-state index contributed by atoms with van der Waals surface area (Å²) in [6.07, 6.45) is 4.58. The molecule has 0 aromatic carbocycles. The van der Waals surface area contributed by atoms with E-state index in [4.69, 9.17) is 10.6 Å². The molecule has 2 rings (SSSR count). The number of nitrogens with zero attached hydrogens (tertiary/aromatic N) is 4. The number of nitrogen functional groups attached to an aromatic ring is 1. The summed E-state index contributed by atoms with van der Waals surface area (Å²) in [6, 6.07) is 0. The van der Waals surface area contributed by atoms with Crippen LogP contribution in [0.3, 0.4) is 0 Å². The summed E-state index contributed by atoms with van der Waals surface area (Å²) >= 11 is 0. The van der Waals surface area contributed by atoms with Crippen LogP contribution in [0.5, 0.6) is 0 Å². The van der Waals surface area contributed by atoms with E-state index < -0.39 is 0 Å². The Morgan fingerprint density at radius 3 is 2.62 bits per heavy atom. The molecule has 21 heavy (non-hydrogen) atoms. The topological polar surface area (TPSA) is 101 Å². The van der Waals surface area contributed by atoms with Crippen molar-refractivity contribution < 1.29 is 4.74 Å². The molecule has 0 unspecified atom stereocenters. The van der Waals surface area contributed by atoms with Crippen molar-refractivity contribution in [2.75, 3.05) is 48.5 Å². The summed E-state index contributed by atoms with van der Waals surface area (Å²) in [7, 11) is 0. The SMILES string of the molecule is CCCCOCCNc1nc(NN)nc(N2CCCC2)n1. The molecule has 1 aromatic heterocycles. The third kappa shape index (κ3) is 4.98. The maximum absolute atomic E-state index is 5.50. The standard InChI is InChI=1S/C13H25N7O/c1-2-3-9-21-10-6-15-11-16-12(19-14)18-13(17-11)20-7-4-5-8-20/h2-10,14H2,1H3,(H2,15,16,17,18,19). The predicted octanol–water partition coefficient (Wildman–Crippen LogP) is 0.986. The van der Waals surface area contributed by atoms with E-state index in [1.165, 1.54) is 12.8 Å². The van der Waals surface area contributed by atoms with E-state index in [1.807, 2.05) is 0 Å². The molecule has 1 aromatic rings. The molecule has 0 atom stereocenters. The first-order chi connectivity index (χ1) is 10.3. The number of anilines is 3. The van der Waals surface area contributed by atoms with Crippen LogP contribution in [-0.4, -0.2) is 47.8 Å². The van der Waals surface area contributed by atoms with E-state index in [9.17, 15) is 0 Å². The second-order valence-corrected chi connectivity index (χ2v) is 5.01. The number of hydrogen-bond donors (Lipinski definition) is 3. The van der Waals surface area contributed by atoms with Crippen LogP contribution in [0.15, 0.2) is 0 Å². The van der Waals surface area contributed by atoms with E-state index in [0.29, 0.717) is 31.0 Å². The zero-order valence-corrected chi connectivity index (χ0v) is 12.6. The van der Waals surface area contributed by atoms with Gasteiger partial charge in [0.15, 0.2) is 0 Å². The van der Waals surface area contributed by atoms with Crippen molar-refractivity contribution in [2.45, 2.75) is 32.6 Å². The molecule has 2 heterocycles. The van der Waals surface area contributed by atoms with E-state index in [2.05, 4.69) is 37.5 Å². The van der Waals surface area contributed by atoms with Gasteiger partial charge in [-0.2, -0.15) is 15.0 Å². The van der Waals surface area contributed by atoms with Gasteiger partial charge in [0.25, 0.3) is 0 Å². The first-order valence-electron chi connectivity index (χ1n) is 7.62. The molecule has 1 saturated heterocycles. The number of ether oxygens (including phenoxy) is 1. The van der Waals surface area contributed by atoms with Gasteiger partial charge in [-0.1, -0.05) is 13.3 Å². The number of hydrazine groups is 1. The van der Waals surface area contributed by atoms with Crippen LogP contribution in [0.4, 0.5) is 17.8 Å². The van der Waals surface area contributed by atoms with Gasteiger partial charge in [-0.05, 0) is 19.3 Å². The summed E-state index contributed by atoms with van der Waals surface area (Å²) in [5.41, 5.74) is 2.49. The number of unbranched alkanes of at least 4 members (excludes halogenated alkanes) is 1. The highest BCUT2D eigenvalue weighted by atomic mass is 16.5. The Kier molecular flexibility index (Phi) is 6.42. The lowest BCUT2D eigenvalue weighted by atomic mass is 10.4. The average molecular weight is 295 g/mol. The Balaban J connectivity index is 1.87. The van der Waals surface area contributed by atoms with Crippen LogP contribution in [0.1, 0.15) is 32.6 Å². The highest BCUT2D eigenvalue weighted by molar-refractivity contribution is 5.43. The van der Waals surface area contributed by atoms with Crippen molar-refractivity contribution in [1.82, 2.24) is 15.0 Å². The number of nitrogens with two attached hydrogens (primary N) is 1. The van der Waals surface area contributed by atoms with Crippen molar-refractivity contribution >= 4 is 17.8 Å². The molecule has 4 N–H and O–H groups in total. The number of nitrogens with one attached hydrogen (secondary N) is 2. The third-order valence-corrected chi connectivity index (χ3v) is 3.31. The van der Waals surface area contributed by atoms with E-state index >= 15 is 0 Å². The Bertz CT molecular complexity index is 423. The van der Waals surface area contributed by atoms with Gasteiger partial charge in [-0.25, -0.2) is 5.84 Å². The first kappa shape index (κ1) is 15.7. The summed E-state index contributed by atoms with van der Waals surface area (Å²) in [5.74, 6) is 7.00. The lowest BCUT2D eigenvalue weighted by molar-refractivity contribution is 0.141. The van der Waals surface area contributed by atoms with E-state index in [0.717, 1.165) is 32.5 Å². The Morgan fingerprint density at radius 1 is 1.14 bits per heavy atom. The molecule has 8 nitrogen and oxygen atoms in total. The molecule has 0 amide bonds. The minimum Gasteiger partial charge on any atom is -0.380 e. The van der Waals surface area contributed by atoms with E-state index in [-0.39, 0.29) is 0 Å². The van der Waals surface area contributed by atoms with Crippen molar-refractivity contribution in [3.8, 4) is 0 Å². The zero-order chi connectivity index (χ0) is 14.9. The molecule has 0 aliphatic carbocycles. The van der Waals surface area contributed by atoms with Crippen LogP contribution in [0.25, 0.3) is 0 Å². The lowest BCUT2D eigenvalue weighted by Gasteiger charge is -2.16. The molecule has 1 fully saturated rings. The molecule has 118 valence electrons. The number of aromatic nitrogens is 3. The lowest BCUT2D eigenvalue weighted by Crippen LogP contribution is -2.23. The molecular weight excluding hydrogens is 270 g/mol. The highest BCUT2D eigenvalue weighted by Crippen LogP contribution is 2.18. The van der Waals surface area contributed by atoms with Gasteiger partial charge in [0, 0.05) is 26.2 Å². The minimum absolute atomic E-state index is 0.376. The van der Waals surface area contributed by atoms with Gasteiger partial charge in [-0.15, -0.1) is 0 Å². The fourth-order valence-corrected chi connectivity index (χ4v) is 2.15. The maximum atomic E-state index is 5.50. The van der Waals surface area contributed by atoms with Crippen LogP contribution < -0.4 is 21.5 Å². The Morgan fingerprint density at radius 2 is 1.90 bits per heavy atom. The van der Waals surface area contributed by atoms with E-state index in [1.54, 1.807) is 0 Å². The smallest absolute Gasteiger partial charge is 0.243 e. The maximum Gasteiger partial charge on any atom is 0.243 e. The second kappa shape index (κ2) is 8.58. The first-order valence-corrected chi connectivity index (χ1v) is 7.62. The minimum atomic E-state index is 0.376. The fraction of sp³-hybridized carbons (Fsp3) is 0.769. The van der Waals surface area contributed by atoms with Gasteiger partial charge in [0.1, 0.15) is 0 Å². The van der Waals surface area contributed by atoms with Gasteiger partial charge < -0.3 is 15.0 Å². The molecule has 0 radical (unpaired) electrons. The van der Waals surface area contributed by atoms with Crippen LogP contribution >= 0.6 is 0 Å². The highest BCUT2D eigenvalue weighted by Gasteiger charge is 2.17. The van der Waals surface area contributed by atoms with Crippen LogP contribution in [0.2, 0.25) is 0 Å². The molecule has 0 saturated carbocycles.